The minimum absolute atomic E-state index is 0.0535. The van der Waals surface area contributed by atoms with Crippen molar-refractivity contribution in [2.45, 2.75) is 26.4 Å². The number of nitrogens with one attached hydrogen (secondary N) is 1. The molecular formula is C21H25Cl2N3O4S. The van der Waals surface area contributed by atoms with Gasteiger partial charge < -0.3 is 10.2 Å². The number of carbonyl (C=O) groups excluding carboxylic acids is 2. The third kappa shape index (κ3) is 6.59. The summed E-state index contributed by atoms with van der Waals surface area (Å²) < 4.78 is 25.8. The lowest BCUT2D eigenvalue weighted by Gasteiger charge is -2.31. The topological polar surface area (TPSA) is 86.8 Å². The lowest BCUT2D eigenvalue weighted by atomic mass is 10.1. The van der Waals surface area contributed by atoms with Crippen LogP contribution in [0.1, 0.15) is 19.4 Å². The van der Waals surface area contributed by atoms with E-state index in [9.17, 15) is 18.0 Å². The second-order valence-corrected chi connectivity index (χ2v) is 9.62. The summed E-state index contributed by atoms with van der Waals surface area (Å²) in [6, 6.07) is 12.4. The molecule has 0 radical (unpaired) electrons. The molecule has 0 aliphatic heterocycles. The fraction of sp³-hybridized carbons (Fsp3) is 0.333. The van der Waals surface area contributed by atoms with Crippen molar-refractivity contribution in [1.29, 1.82) is 0 Å². The Morgan fingerprint density at radius 2 is 1.61 bits per heavy atom. The van der Waals surface area contributed by atoms with Crippen molar-refractivity contribution in [3.8, 4) is 0 Å². The highest BCUT2D eigenvalue weighted by Crippen LogP contribution is 2.27. The zero-order valence-corrected chi connectivity index (χ0v) is 19.8. The normalized spacial score (nSPS) is 12.2. The van der Waals surface area contributed by atoms with Crippen molar-refractivity contribution in [3.05, 3.63) is 64.1 Å². The molecule has 1 unspecified atom stereocenters. The van der Waals surface area contributed by atoms with E-state index in [1.165, 1.54) is 4.90 Å². The third-order valence-electron chi connectivity index (χ3n) is 4.63. The molecular weight excluding hydrogens is 461 g/mol. The Balaban J connectivity index is 2.42. The smallest absolute Gasteiger partial charge is 0.244 e. The molecule has 1 N–H and O–H groups in total. The first kappa shape index (κ1) is 25.0. The van der Waals surface area contributed by atoms with Crippen molar-refractivity contribution in [1.82, 2.24) is 10.2 Å². The van der Waals surface area contributed by atoms with E-state index in [-0.39, 0.29) is 12.5 Å². The molecule has 0 bridgehead atoms. The van der Waals surface area contributed by atoms with E-state index in [4.69, 9.17) is 23.2 Å². The van der Waals surface area contributed by atoms with Crippen LogP contribution in [0, 0.1) is 0 Å². The van der Waals surface area contributed by atoms with E-state index in [1.54, 1.807) is 62.4 Å². The lowest BCUT2D eigenvalue weighted by Crippen LogP contribution is -2.51. The molecule has 0 aliphatic rings. The Labute approximate surface area is 193 Å². The van der Waals surface area contributed by atoms with Gasteiger partial charge in [-0.3, -0.25) is 13.9 Å². The van der Waals surface area contributed by atoms with Crippen LogP contribution in [0.15, 0.2) is 48.5 Å². The second-order valence-electron chi connectivity index (χ2n) is 6.90. The maximum atomic E-state index is 13.3. The molecule has 0 saturated carbocycles. The van der Waals surface area contributed by atoms with Gasteiger partial charge in [-0.15, -0.1) is 0 Å². The van der Waals surface area contributed by atoms with Gasteiger partial charge in [0.1, 0.15) is 12.6 Å². The number of carbonyl (C=O) groups is 2. The Kier molecular flexibility index (Phi) is 8.73. The van der Waals surface area contributed by atoms with Gasteiger partial charge in [0.05, 0.1) is 11.9 Å². The molecule has 0 aliphatic carbocycles. The third-order valence-corrected chi connectivity index (χ3v) is 6.48. The number of benzene rings is 2. The Morgan fingerprint density at radius 3 is 2.13 bits per heavy atom. The quantitative estimate of drug-likeness (QED) is 0.589. The van der Waals surface area contributed by atoms with Crippen molar-refractivity contribution in [2.24, 2.45) is 0 Å². The van der Waals surface area contributed by atoms with Crippen molar-refractivity contribution in [3.63, 3.8) is 0 Å². The molecule has 10 heteroatoms. The number of halogens is 2. The number of hydrogen-bond donors (Lipinski definition) is 1. The number of para-hydroxylation sites is 1. The van der Waals surface area contributed by atoms with Gasteiger partial charge in [-0.1, -0.05) is 47.5 Å². The first-order valence-electron chi connectivity index (χ1n) is 9.59. The van der Waals surface area contributed by atoms with Crippen LogP contribution in [-0.4, -0.2) is 50.5 Å². The number of anilines is 1. The van der Waals surface area contributed by atoms with Crippen LogP contribution in [0.25, 0.3) is 0 Å². The molecule has 0 spiro atoms. The van der Waals surface area contributed by atoms with Crippen LogP contribution in [0.2, 0.25) is 10.0 Å². The predicted octanol–water partition coefficient (Wildman–Crippen LogP) is 3.31. The molecule has 168 valence electrons. The van der Waals surface area contributed by atoms with Crippen LogP contribution in [0.3, 0.4) is 0 Å². The minimum Gasteiger partial charge on any atom is -0.355 e. The second kappa shape index (κ2) is 10.8. The minimum atomic E-state index is -3.76. The van der Waals surface area contributed by atoms with E-state index >= 15 is 0 Å². The average Bonchev–Trinajstić information content (AvgIpc) is 2.71. The highest BCUT2D eigenvalue weighted by molar-refractivity contribution is 7.92. The van der Waals surface area contributed by atoms with Gasteiger partial charge in [0.2, 0.25) is 21.8 Å². The van der Waals surface area contributed by atoms with Gasteiger partial charge in [-0.2, -0.15) is 0 Å². The SMILES string of the molecule is CCNC(=O)C(C)N(Cc1c(Cl)cccc1Cl)C(=O)CN(c1ccccc1)S(C)(=O)=O. The summed E-state index contributed by atoms with van der Waals surface area (Å²) in [4.78, 5) is 27.1. The fourth-order valence-corrected chi connectivity index (χ4v) is 4.33. The highest BCUT2D eigenvalue weighted by atomic mass is 35.5. The number of nitrogens with zero attached hydrogens (tertiary/aromatic N) is 2. The molecule has 2 aromatic carbocycles. The van der Waals surface area contributed by atoms with Crippen LogP contribution < -0.4 is 9.62 Å². The summed E-state index contributed by atoms with van der Waals surface area (Å²) in [6.07, 6.45) is 1.02. The molecule has 7 nitrogen and oxygen atoms in total. The Morgan fingerprint density at radius 1 is 1.03 bits per heavy atom. The van der Waals surface area contributed by atoms with Gasteiger partial charge in [0.15, 0.2) is 0 Å². The standard InChI is InChI=1S/C21H25Cl2N3O4S/c1-4-24-21(28)15(2)25(13-17-18(22)11-8-12-19(17)23)20(27)14-26(31(3,29)30)16-9-6-5-7-10-16/h5-12,15H,4,13-14H2,1-3H3,(H,24,28). The summed E-state index contributed by atoms with van der Waals surface area (Å²) in [5.41, 5.74) is 0.820. The van der Waals surface area contributed by atoms with E-state index in [0.717, 1.165) is 10.6 Å². The van der Waals surface area contributed by atoms with Crippen molar-refractivity contribution in [2.75, 3.05) is 23.7 Å². The van der Waals surface area contributed by atoms with Crippen molar-refractivity contribution >= 4 is 50.7 Å². The molecule has 31 heavy (non-hydrogen) atoms. The van der Waals surface area contributed by atoms with Crippen LogP contribution in [0.4, 0.5) is 5.69 Å². The van der Waals surface area contributed by atoms with E-state index in [0.29, 0.717) is 27.8 Å². The Bertz CT molecular complexity index is 1010. The number of rotatable bonds is 9. The lowest BCUT2D eigenvalue weighted by molar-refractivity contribution is -0.139. The molecule has 0 fully saturated rings. The highest BCUT2D eigenvalue weighted by Gasteiger charge is 2.30. The van der Waals surface area contributed by atoms with Crippen LogP contribution >= 0.6 is 23.2 Å². The number of likely N-dealkylation sites (N-methyl/N-ethyl adjacent to an activating group) is 1. The zero-order valence-electron chi connectivity index (χ0n) is 17.5. The van der Waals surface area contributed by atoms with Crippen LogP contribution in [-0.2, 0) is 26.2 Å². The molecule has 2 aromatic rings. The number of hydrogen-bond acceptors (Lipinski definition) is 4. The summed E-state index contributed by atoms with van der Waals surface area (Å²) in [5.74, 6) is -0.936. The molecule has 2 rings (SSSR count). The van der Waals surface area contributed by atoms with Crippen LogP contribution in [0.5, 0.6) is 0 Å². The monoisotopic (exact) mass is 485 g/mol. The maximum absolute atomic E-state index is 13.3. The first-order valence-corrected chi connectivity index (χ1v) is 12.2. The van der Waals surface area contributed by atoms with Gasteiger partial charge in [0, 0.05) is 28.7 Å². The Hall–Kier alpha value is -2.29. The number of sulfonamides is 1. The summed E-state index contributed by atoms with van der Waals surface area (Å²) in [6.45, 7) is 3.19. The molecule has 0 saturated heterocycles. The summed E-state index contributed by atoms with van der Waals surface area (Å²) >= 11 is 12.5. The zero-order chi connectivity index (χ0) is 23.2. The maximum Gasteiger partial charge on any atom is 0.244 e. The van der Waals surface area contributed by atoms with E-state index in [1.807, 2.05) is 0 Å². The number of amides is 2. The largest absolute Gasteiger partial charge is 0.355 e. The first-order chi connectivity index (χ1) is 14.6. The van der Waals surface area contributed by atoms with Gasteiger partial charge >= 0.3 is 0 Å². The predicted molar refractivity (Wildman–Crippen MR) is 124 cm³/mol. The van der Waals surface area contributed by atoms with Gasteiger partial charge in [-0.25, -0.2) is 8.42 Å². The molecule has 0 aromatic heterocycles. The molecule has 1 atom stereocenters. The van der Waals surface area contributed by atoms with E-state index in [2.05, 4.69) is 5.32 Å². The molecule has 0 heterocycles. The van der Waals surface area contributed by atoms with E-state index < -0.39 is 28.5 Å². The van der Waals surface area contributed by atoms with Crippen molar-refractivity contribution < 1.29 is 18.0 Å². The van der Waals surface area contributed by atoms with Gasteiger partial charge in [-0.05, 0) is 38.1 Å². The van der Waals surface area contributed by atoms with Gasteiger partial charge in [0.25, 0.3) is 0 Å². The summed E-state index contributed by atoms with van der Waals surface area (Å²) in [7, 11) is -3.76. The fourth-order valence-electron chi connectivity index (χ4n) is 2.97. The summed E-state index contributed by atoms with van der Waals surface area (Å²) in [5, 5.41) is 3.37. The molecule has 2 amide bonds. The average molecular weight is 486 g/mol.